The first kappa shape index (κ1) is 25.6. The molecular formula is C23H34Cl2N2O2. The second-order valence-corrected chi connectivity index (χ2v) is 8.24. The van der Waals surface area contributed by atoms with Crippen molar-refractivity contribution in [1.82, 2.24) is 10.2 Å². The average Bonchev–Trinajstić information content (AvgIpc) is 2.67. The Morgan fingerprint density at radius 2 is 1.62 bits per heavy atom. The lowest BCUT2D eigenvalue weighted by Crippen LogP contribution is -2.48. The van der Waals surface area contributed by atoms with Crippen molar-refractivity contribution in [3.63, 3.8) is 0 Å². The normalized spacial score (nSPS) is 15.6. The van der Waals surface area contributed by atoms with Crippen LogP contribution in [-0.4, -0.2) is 38.2 Å². The molecule has 1 aliphatic rings. The molecule has 0 unspecified atom stereocenters. The molecule has 1 aliphatic heterocycles. The van der Waals surface area contributed by atoms with Crippen LogP contribution in [0.15, 0.2) is 48.5 Å². The molecule has 2 aromatic rings. The maximum atomic E-state index is 6.03. The van der Waals surface area contributed by atoms with Gasteiger partial charge in [0, 0.05) is 32.2 Å². The van der Waals surface area contributed by atoms with E-state index in [1.807, 2.05) is 18.2 Å². The SMILES string of the molecule is COc1cc([C@H](N2CCNCC2)C(C)(C)C)ccc1OCc1ccccc1.Cl.Cl. The molecule has 1 heterocycles. The lowest BCUT2D eigenvalue weighted by Gasteiger charge is -2.42. The minimum absolute atomic E-state index is 0. The Labute approximate surface area is 187 Å². The van der Waals surface area contributed by atoms with Gasteiger partial charge in [0.2, 0.25) is 0 Å². The first-order valence-corrected chi connectivity index (χ1v) is 9.78. The summed E-state index contributed by atoms with van der Waals surface area (Å²) in [5.74, 6) is 1.59. The average molecular weight is 441 g/mol. The Morgan fingerprint density at radius 3 is 2.21 bits per heavy atom. The second-order valence-electron chi connectivity index (χ2n) is 8.24. The number of halogens is 2. The summed E-state index contributed by atoms with van der Waals surface area (Å²) >= 11 is 0. The minimum atomic E-state index is 0. The zero-order valence-corrected chi connectivity index (χ0v) is 19.4. The maximum absolute atomic E-state index is 6.03. The maximum Gasteiger partial charge on any atom is 0.161 e. The van der Waals surface area contributed by atoms with Crippen LogP contribution in [0.4, 0.5) is 0 Å². The van der Waals surface area contributed by atoms with Gasteiger partial charge in [0.05, 0.1) is 7.11 Å². The third-order valence-electron chi connectivity index (χ3n) is 5.08. The van der Waals surface area contributed by atoms with E-state index in [0.29, 0.717) is 12.6 Å². The summed E-state index contributed by atoms with van der Waals surface area (Å²) in [6.45, 7) is 11.7. The summed E-state index contributed by atoms with van der Waals surface area (Å²) in [5.41, 5.74) is 2.57. The van der Waals surface area contributed by atoms with Gasteiger partial charge < -0.3 is 14.8 Å². The predicted molar refractivity (Wildman–Crippen MR) is 125 cm³/mol. The van der Waals surface area contributed by atoms with Crippen molar-refractivity contribution in [3.05, 3.63) is 59.7 Å². The first-order chi connectivity index (χ1) is 13.0. The number of nitrogens with zero attached hydrogens (tertiary/aromatic N) is 1. The minimum Gasteiger partial charge on any atom is -0.493 e. The Bertz CT molecular complexity index is 729. The number of hydrogen-bond donors (Lipinski definition) is 1. The van der Waals surface area contributed by atoms with Crippen molar-refractivity contribution in [2.45, 2.75) is 33.4 Å². The van der Waals surface area contributed by atoms with Crippen LogP contribution in [0.25, 0.3) is 0 Å². The number of piperazine rings is 1. The van der Waals surface area contributed by atoms with Gasteiger partial charge in [0.25, 0.3) is 0 Å². The van der Waals surface area contributed by atoms with Crippen LogP contribution in [0.5, 0.6) is 11.5 Å². The number of ether oxygens (including phenoxy) is 2. The predicted octanol–water partition coefficient (Wildman–Crippen LogP) is 5.11. The van der Waals surface area contributed by atoms with Gasteiger partial charge in [0.1, 0.15) is 6.61 Å². The molecule has 0 aromatic heterocycles. The van der Waals surface area contributed by atoms with E-state index < -0.39 is 0 Å². The van der Waals surface area contributed by atoms with Crippen molar-refractivity contribution in [2.24, 2.45) is 5.41 Å². The van der Waals surface area contributed by atoms with Crippen LogP contribution in [0.3, 0.4) is 0 Å². The number of hydrogen-bond acceptors (Lipinski definition) is 4. The summed E-state index contributed by atoms with van der Waals surface area (Å²) in [6, 6.07) is 17.0. The molecule has 6 heteroatoms. The van der Waals surface area contributed by atoms with Crippen LogP contribution < -0.4 is 14.8 Å². The third-order valence-corrected chi connectivity index (χ3v) is 5.08. The van der Waals surface area contributed by atoms with Crippen LogP contribution in [0.1, 0.15) is 37.9 Å². The standard InChI is InChI=1S/C23H32N2O2.2ClH/c1-23(2,3)22(25-14-12-24-13-15-25)19-10-11-20(21(16-19)26-4)27-17-18-8-6-5-7-9-18;;/h5-11,16,22,24H,12-15,17H2,1-4H3;2*1H/t22-;;/m0../s1. The molecule has 162 valence electrons. The molecule has 1 saturated heterocycles. The van der Waals surface area contributed by atoms with Crippen LogP contribution in [0.2, 0.25) is 0 Å². The highest BCUT2D eigenvalue weighted by Crippen LogP contribution is 2.41. The van der Waals surface area contributed by atoms with E-state index in [4.69, 9.17) is 9.47 Å². The smallest absolute Gasteiger partial charge is 0.161 e. The lowest BCUT2D eigenvalue weighted by atomic mass is 9.81. The number of benzene rings is 2. The molecule has 0 aliphatic carbocycles. The molecule has 2 aromatic carbocycles. The molecule has 0 bridgehead atoms. The fourth-order valence-electron chi connectivity index (χ4n) is 3.91. The zero-order chi connectivity index (χ0) is 19.3. The second kappa shape index (κ2) is 11.7. The van der Waals surface area contributed by atoms with Gasteiger partial charge >= 0.3 is 0 Å². The van der Waals surface area contributed by atoms with Gasteiger partial charge in [-0.2, -0.15) is 0 Å². The largest absolute Gasteiger partial charge is 0.493 e. The zero-order valence-electron chi connectivity index (χ0n) is 17.8. The lowest BCUT2D eigenvalue weighted by molar-refractivity contribution is 0.0860. The van der Waals surface area contributed by atoms with E-state index in [9.17, 15) is 0 Å². The topological polar surface area (TPSA) is 33.7 Å². The van der Waals surface area contributed by atoms with E-state index in [-0.39, 0.29) is 30.2 Å². The quantitative estimate of drug-likeness (QED) is 0.676. The molecule has 0 amide bonds. The summed E-state index contributed by atoms with van der Waals surface area (Å²) in [4.78, 5) is 2.58. The molecule has 29 heavy (non-hydrogen) atoms. The van der Waals surface area contributed by atoms with Gasteiger partial charge in [-0.25, -0.2) is 0 Å². The van der Waals surface area contributed by atoms with Gasteiger partial charge in [-0.3, -0.25) is 4.90 Å². The van der Waals surface area contributed by atoms with Crippen molar-refractivity contribution in [1.29, 1.82) is 0 Å². The van der Waals surface area contributed by atoms with E-state index in [0.717, 1.165) is 43.2 Å². The molecule has 1 fully saturated rings. The monoisotopic (exact) mass is 440 g/mol. The van der Waals surface area contributed by atoms with Gasteiger partial charge in [-0.05, 0) is 28.7 Å². The van der Waals surface area contributed by atoms with E-state index in [1.165, 1.54) is 5.56 Å². The van der Waals surface area contributed by atoms with Gasteiger partial charge in [-0.1, -0.05) is 57.2 Å². The fourth-order valence-corrected chi connectivity index (χ4v) is 3.91. The Kier molecular flexibility index (Phi) is 10.3. The van der Waals surface area contributed by atoms with Crippen molar-refractivity contribution in [3.8, 4) is 11.5 Å². The fraction of sp³-hybridized carbons (Fsp3) is 0.478. The number of nitrogens with one attached hydrogen (secondary N) is 1. The highest BCUT2D eigenvalue weighted by Gasteiger charge is 2.33. The van der Waals surface area contributed by atoms with Crippen LogP contribution >= 0.6 is 24.8 Å². The highest BCUT2D eigenvalue weighted by atomic mass is 35.5. The summed E-state index contributed by atoms with van der Waals surface area (Å²) < 4.78 is 11.7. The number of methoxy groups -OCH3 is 1. The van der Waals surface area contributed by atoms with E-state index in [2.05, 4.69) is 61.3 Å². The van der Waals surface area contributed by atoms with Crippen molar-refractivity contribution < 1.29 is 9.47 Å². The molecule has 0 radical (unpaired) electrons. The molecule has 0 saturated carbocycles. The molecule has 3 rings (SSSR count). The first-order valence-electron chi connectivity index (χ1n) is 9.78. The van der Waals surface area contributed by atoms with Crippen molar-refractivity contribution >= 4 is 24.8 Å². The summed E-state index contributed by atoms with van der Waals surface area (Å²) in [7, 11) is 1.71. The summed E-state index contributed by atoms with van der Waals surface area (Å²) in [6.07, 6.45) is 0. The van der Waals surface area contributed by atoms with Gasteiger partial charge in [-0.15, -0.1) is 24.8 Å². The molecule has 4 nitrogen and oxygen atoms in total. The Balaban J connectivity index is 0.00000210. The third kappa shape index (κ3) is 6.78. The van der Waals surface area contributed by atoms with E-state index in [1.54, 1.807) is 7.11 Å². The van der Waals surface area contributed by atoms with Crippen molar-refractivity contribution in [2.75, 3.05) is 33.3 Å². The van der Waals surface area contributed by atoms with Gasteiger partial charge in [0.15, 0.2) is 11.5 Å². The van der Waals surface area contributed by atoms with Crippen LogP contribution in [-0.2, 0) is 6.61 Å². The molecule has 0 spiro atoms. The van der Waals surface area contributed by atoms with E-state index >= 15 is 0 Å². The highest BCUT2D eigenvalue weighted by molar-refractivity contribution is 5.85. The molecule has 1 atom stereocenters. The van der Waals surface area contributed by atoms with Crippen LogP contribution in [0, 0.1) is 5.41 Å². The Hall–Kier alpha value is -1.46. The Morgan fingerprint density at radius 1 is 0.966 bits per heavy atom. The summed E-state index contributed by atoms with van der Waals surface area (Å²) in [5, 5.41) is 3.45. The molecular weight excluding hydrogens is 407 g/mol. The number of rotatable bonds is 6. The molecule has 1 N–H and O–H groups in total.